The third-order valence-corrected chi connectivity index (χ3v) is 7.56. The Labute approximate surface area is 209 Å². The third-order valence-electron chi connectivity index (χ3n) is 5.91. The van der Waals surface area contributed by atoms with Crippen LogP contribution >= 0.6 is 27.7 Å². The van der Waals surface area contributed by atoms with E-state index < -0.39 is 17.5 Å². The number of aryl methyl sites for hydroxylation is 1. The molecule has 1 saturated heterocycles. The molecule has 2 atom stereocenters. The van der Waals surface area contributed by atoms with Gasteiger partial charge in [0.15, 0.2) is 5.82 Å². The van der Waals surface area contributed by atoms with Crippen LogP contribution in [0, 0.1) is 24.1 Å². The second-order valence-electron chi connectivity index (χ2n) is 9.44. The van der Waals surface area contributed by atoms with Gasteiger partial charge in [0, 0.05) is 11.9 Å². The monoisotopic (exact) mass is 548 g/mol. The van der Waals surface area contributed by atoms with Crippen molar-refractivity contribution in [2.75, 3.05) is 12.8 Å². The van der Waals surface area contributed by atoms with Gasteiger partial charge < -0.3 is 9.64 Å². The van der Waals surface area contributed by atoms with Gasteiger partial charge in [0.05, 0.1) is 29.0 Å². The molecule has 3 aromatic rings. The summed E-state index contributed by atoms with van der Waals surface area (Å²) in [5.74, 6) is -0.415. The minimum atomic E-state index is -0.621. The van der Waals surface area contributed by atoms with E-state index in [0.717, 1.165) is 11.1 Å². The SMILES string of the molecule is CSc1nc2c(F)c(Br)c(C)cc2c2c1nnn2[C@H]1CCN(C(=O)OC(C)(C)C)[C@H](CC#N)C1. The van der Waals surface area contributed by atoms with Crippen molar-refractivity contribution in [3.63, 3.8) is 0 Å². The molecule has 1 aliphatic rings. The van der Waals surface area contributed by atoms with Crippen molar-refractivity contribution in [3.8, 4) is 6.07 Å². The Morgan fingerprint density at radius 3 is 2.79 bits per heavy atom. The summed E-state index contributed by atoms with van der Waals surface area (Å²) in [5, 5.41) is 19.5. The first-order valence-electron chi connectivity index (χ1n) is 11.0. The molecule has 0 spiro atoms. The predicted octanol–water partition coefficient (Wildman–Crippen LogP) is 5.77. The molecule has 8 nitrogen and oxygen atoms in total. The number of thioether (sulfide) groups is 1. The Morgan fingerprint density at radius 1 is 1.41 bits per heavy atom. The van der Waals surface area contributed by atoms with E-state index >= 15 is 4.39 Å². The minimum absolute atomic E-state index is 0.116. The zero-order valence-corrected chi connectivity index (χ0v) is 22.1. The molecular formula is C23H26BrFN6O2S. The standard InChI is InChI=1S/C23H26BrFN6O2S/c1-12-10-15-18(17(25)16(12)24)27-21(34-5)19-20(15)31(29-28-19)14-7-9-30(13(11-14)6-8-26)22(32)33-23(2,3)4/h10,13-14H,6-7,9,11H2,1-5H3/t13-,14+/m1/s1. The van der Waals surface area contributed by atoms with Crippen molar-refractivity contribution in [3.05, 3.63) is 21.9 Å². The minimum Gasteiger partial charge on any atom is -0.444 e. The summed E-state index contributed by atoms with van der Waals surface area (Å²) in [4.78, 5) is 18.9. The number of pyridine rings is 1. The average molecular weight is 549 g/mol. The number of aromatic nitrogens is 4. The first-order chi connectivity index (χ1) is 16.1. The highest BCUT2D eigenvalue weighted by atomic mass is 79.9. The number of nitrogens with zero attached hydrogens (tertiary/aromatic N) is 6. The molecule has 2 aromatic heterocycles. The van der Waals surface area contributed by atoms with Crippen molar-refractivity contribution >= 4 is 55.7 Å². The van der Waals surface area contributed by atoms with Crippen LogP contribution in [0.15, 0.2) is 15.6 Å². The molecule has 34 heavy (non-hydrogen) atoms. The summed E-state index contributed by atoms with van der Waals surface area (Å²) in [6.45, 7) is 7.71. The highest BCUT2D eigenvalue weighted by Crippen LogP contribution is 2.38. The summed E-state index contributed by atoms with van der Waals surface area (Å²) >= 11 is 4.71. The fourth-order valence-electron chi connectivity index (χ4n) is 4.39. The number of nitriles is 1. The number of carbonyl (C=O) groups is 1. The average Bonchev–Trinajstić information content (AvgIpc) is 3.22. The fourth-order valence-corrected chi connectivity index (χ4v) is 5.20. The number of amides is 1. The second-order valence-corrected chi connectivity index (χ2v) is 11.0. The maximum absolute atomic E-state index is 15.2. The van der Waals surface area contributed by atoms with E-state index in [1.165, 1.54) is 11.8 Å². The van der Waals surface area contributed by atoms with E-state index in [1.807, 2.05) is 44.7 Å². The van der Waals surface area contributed by atoms with Gasteiger partial charge in [-0.1, -0.05) is 5.21 Å². The molecule has 1 amide bonds. The van der Waals surface area contributed by atoms with Gasteiger partial charge >= 0.3 is 6.09 Å². The van der Waals surface area contributed by atoms with Crippen LogP contribution in [0.4, 0.5) is 9.18 Å². The van der Waals surface area contributed by atoms with Gasteiger partial charge in [0.1, 0.15) is 27.2 Å². The Kier molecular flexibility index (Phi) is 6.75. The molecule has 0 unspecified atom stereocenters. The third kappa shape index (κ3) is 4.45. The number of fused-ring (bicyclic) bond motifs is 3. The number of halogens is 2. The van der Waals surface area contributed by atoms with Gasteiger partial charge in [0.25, 0.3) is 0 Å². The van der Waals surface area contributed by atoms with Crippen LogP contribution in [0.1, 0.15) is 51.6 Å². The first-order valence-corrected chi connectivity index (χ1v) is 13.0. The number of likely N-dealkylation sites (tertiary alicyclic amines) is 1. The molecule has 0 bridgehead atoms. The second kappa shape index (κ2) is 9.30. The highest BCUT2D eigenvalue weighted by Gasteiger charge is 2.36. The van der Waals surface area contributed by atoms with Crippen molar-refractivity contribution in [2.45, 2.75) is 69.7 Å². The van der Waals surface area contributed by atoms with Gasteiger partial charge in [-0.25, -0.2) is 18.9 Å². The molecule has 1 aromatic carbocycles. The van der Waals surface area contributed by atoms with E-state index in [9.17, 15) is 10.1 Å². The zero-order chi connectivity index (χ0) is 24.8. The number of hydrogen-bond acceptors (Lipinski definition) is 7. The van der Waals surface area contributed by atoms with E-state index in [2.05, 4.69) is 37.3 Å². The van der Waals surface area contributed by atoms with Gasteiger partial charge in [-0.15, -0.1) is 16.9 Å². The lowest BCUT2D eigenvalue weighted by atomic mass is 9.95. The Hall–Kier alpha value is -2.45. The van der Waals surface area contributed by atoms with Gasteiger partial charge in [-0.05, 0) is 74.4 Å². The molecule has 0 N–H and O–H groups in total. The maximum atomic E-state index is 15.2. The Morgan fingerprint density at radius 2 is 2.15 bits per heavy atom. The highest BCUT2D eigenvalue weighted by molar-refractivity contribution is 9.10. The van der Waals surface area contributed by atoms with Crippen molar-refractivity contribution in [2.24, 2.45) is 0 Å². The van der Waals surface area contributed by atoms with Crippen LogP contribution in [0.3, 0.4) is 0 Å². The van der Waals surface area contributed by atoms with Crippen LogP contribution in [0.2, 0.25) is 0 Å². The fraction of sp³-hybridized carbons (Fsp3) is 0.522. The van der Waals surface area contributed by atoms with E-state index in [-0.39, 0.29) is 24.0 Å². The first kappa shape index (κ1) is 24.7. The van der Waals surface area contributed by atoms with Crippen molar-refractivity contribution in [1.29, 1.82) is 5.26 Å². The number of piperidine rings is 1. The van der Waals surface area contributed by atoms with Crippen LogP contribution in [0.25, 0.3) is 21.9 Å². The van der Waals surface area contributed by atoms with Gasteiger partial charge in [-0.2, -0.15) is 5.26 Å². The number of hydrogen-bond donors (Lipinski definition) is 0. The lowest BCUT2D eigenvalue weighted by molar-refractivity contribution is 0.00557. The summed E-state index contributed by atoms with van der Waals surface area (Å²) in [6.07, 6.45) is 2.76. The van der Waals surface area contributed by atoms with Crippen LogP contribution in [0.5, 0.6) is 0 Å². The van der Waals surface area contributed by atoms with Crippen LogP contribution in [-0.4, -0.2) is 55.4 Å². The lowest BCUT2D eigenvalue weighted by Gasteiger charge is -2.39. The lowest BCUT2D eigenvalue weighted by Crippen LogP contribution is -2.48. The van der Waals surface area contributed by atoms with Crippen LogP contribution in [-0.2, 0) is 4.74 Å². The van der Waals surface area contributed by atoms with E-state index in [1.54, 1.807) is 4.90 Å². The summed E-state index contributed by atoms with van der Waals surface area (Å²) in [5.41, 5.74) is 1.73. The number of carbonyl (C=O) groups excluding carboxylic acids is 1. The molecule has 4 rings (SSSR count). The van der Waals surface area contributed by atoms with Crippen LogP contribution < -0.4 is 0 Å². The molecule has 1 fully saturated rings. The quantitative estimate of drug-likeness (QED) is 0.383. The summed E-state index contributed by atoms with van der Waals surface area (Å²) in [6, 6.07) is 3.65. The molecule has 0 saturated carbocycles. The van der Waals surface area contributed by atoms with Gasteiger partial charge in [0.2, 0.25) is 0 Å². The summed E-state index contributed by atoms with van der Waals surface area (Å²) < 4.78 is 22.9. The number of benzene rings is 1. The Bertz CT molecular complexity index is 1320. The molecule has 3 heterocycles. The van der Waals surface area contributed by atoms with E-state index in [0.29, 0.717) is 39.8 Å². The molecule has 1 aliphatic heterocycles. The zero-order valence-electron chi connectivity index (χ0n) is 19.7. The van der Waals surface area contributed by atoms with Crippen molar-refractivity contribution < 1.29 is 13.9 Å². The van der Waals surface area contributed by atoms with Gasteiger partial charge in [-0.3, -0.25) is 0 Å². The van der Waals surface area contributed by atoms with Crippen molar-refractivity contribution in [1.82, 2.24) is 24.9 Å². The van der Waals surface area contributed by atoms with E-state index in [4.69, 9.17) is 4.74 Å². The smallest absolute Gasteiger partial charge is 0.410 e. The largest absolute Gasteiger partial charge is 0.444 e. The molecule has 0 aliphatic carbocycles. The number of ether oxygens (including phenoxy) is 1. The predicted molar refractivity (Wildman–Crippen MR) is 132 cm³/mol. The number of rotatable bonds is 3. The normalized spacial score (nSPS) is 18.9. The topological polar surface area (TPSA) is 96.9 Å². The molecule has 180 valence electrons. The Balaban J connectivity index is 1.79. The molecule has 11 heteroatoms. The maximum Gasteiger partial charge on any atom is 0.410 e. The molecular weight excluding hydrogens is 523 g/mol. The molecule has 0 radical (unpaired) electrons. The summed E-state index contributed by atoms with van der Waals surface area (Å²) in [7, 11) is 0.